The number of nitrogens with zero attached hydrogens (tertiary/aromatic N) is 2. The van der Waals surface area contributed by atoms with Crippen molar-refractivity contribution in [2.75, 3.05) is 45.9 Å². The van der Waals surface area contributed by atoms with Crippen molar-refractivity contribution in [3.8, 4) is 0 Å². The van der Waals surface area contributed by atoms with E-state index in [0.717, 1.165) is 13.1 Å². The number of halogens is 1. The SMILES string of the molecule is O=C(c1ccc(F)cc1)N1CCC(O)(CN2CCOCC2)C1. The second-order valence-electron chi connectivity index (χ2n) is 6.10. The van der Waals surface area contributed by atoms with Gasteiger partial charge < -0.3 is 14.7 Å². The molecular weight excluding hydrogens is 287 g/mol. The molecule has 2 aliphatic rings. The van der Waals surface area contributed by atoms with Crippen LogP contribution in [0.25, 0.3) is 0 Å². The molecule has 22 heavy (non-hydrogen) atoms. The first-order chi connectivity index (χ1) is 10.6. The summed E-state index contributed by atoms with van der Waals surface area (Å²) in [5.74, 6) is -0.514. The molecule has 0 saturated carbocycles. The van der Waals surface area contributed by atoms with Crippen molar-refractivity contribution in [1.82, 2.24) is 9.80 Å². The fourth-order valence-electron chi connectivity index (χ4n) is 3.11. The second-order valence-corrected chi connectivity index (χ2v) is 6.10. The summed E-state index contributed by atoms with van der Waals surface area (Å²) < 4.78 is 18.2. The van der Waals surface area contributed by atoms with Crippen LogP contribution in [0.3, 0.4) is 0 Å². The van der Waals surface area contributed by atoms with Gasteiger partial charge in [-0.1, -0.05) is 0 Å². The summed E-state index contributed by atoms with van der Waals surface area (Å²) in [4.78, 5) is 16.2. The Bertz CT molecular complexity index is 531. The first kappa shape index (κ1) is 15.4. The molecule has 1 unspecified atom stereocenters. The quantitative estimate of drug-likeness (QED) is 0.895. The average Bonchev–Trinajstić information content (AvgIpc) is 2.90. The molecule has 1 aromatic rings. The van der Waals surface area contributed by atoms with Crippen LogP contribution in [0.2, 0.25) is 0 Å². The summed E-state index contributed by atoms with van der Waals surface area (Å²) in [5.41, 5.74) is -0.412. The van der Waals surface area contributed by atoms with Crippen molar-refractivity contribution >= 4 is 5.91 Å². The standard InChI is InChI=1S/C16H21FN2O3/c17-14-3-1-13(2-4-14)15(20)19-6-5-16(21,12-19)11-18-7-9-22-10-8-18/h1-4,21H,5-12H2. The number of carbonyl (C=O) groups excluding carboxylic acids is 1. The predicted octanol–water partition coefficient (Wildman–Crippen LogP) is 0.735. The average molecular weight is 308 g/mol. The first-order valence-corrected chi connectivity index (χ1v) is 7.63. The van der Waals surface area contributed by atoms with E-state index in [0.29, 0.717) is 44.8 Å². The van der Waals surface area contributed by atoms with E-state index in [1.165, 1.54) is 24.3 Å². The molecule has 0 radical (unpaired) electrons. The Balaban J connectivity index is 1.60. The van der Waals surface area contributed by atoms with E-state index in [-0.39, 0.29) is 11.7 Å². The van der Waals surface area contributed by atoms with Crippen molar-refractivity contribution in [2.45, 2.75) is 12.0 Å². The Kier molecular flexibility index (Phi) is 4.42. The highest BCUT2D eigenvalue weighted by Gasteiger charge is 2.39. The molecule has 0 aromatic heterocycles. The minimum Gasteiger partial charge on any atom is -0.387 e. The molecule has 2 heterocycles. The fourth-order valence-corrected chi connectivity index (χ4v) is 3.11. The minimum atomic E-state index is -0.868. The van der Waals surface area contributed by atoms with E-state index < -0.39 is 5.60 Å². The minimum absolute atomic E-state index is 0.155. The monoisotopic (exact) mass is 308 g/mol. The third-order valence-corrected chi connectivity index (χ3v) is 4.33. The number of morpholine rings is 1. The van der Waals surface area contributed by atoms with E-state index in [1.54, 1.807) is 4.90 Å². The number of likely N-dealkylation sites (tertiary alicyclic amines) is 1. The molecule has 2 fully saturated rings. The van der Waals surface area contributed by atoms with Gasteiger partial charge in [-0.05, 0) is 30.7 Å². The van der Waals surface area contributed by atoms with Gasteiger partial charge in [-0.25, -0.2) is 4.39 Å². The largest absolute Gasteiger partial charge is 0.387 e. The van der Waals surface area contributed by atoms with Crippen molar-refractivity contribution in [3.63, 3.8) is 0 Å². The molecule has 2 saturated heterocycles. The lowest BCUT2D eigenvalue weighted by Gasteiger charge is -2.33. The van der Waals surface area contributed by atoms with E-state index >= 15 is 0 Å². The van der Waals surface area contributed by atoms with Gasteiger partial charge in [0.1, 0.15) is 5.82 Å². The number of aliphatic hydroxyl groups is 1. The molecule has 120 valence electrons. The van der Waals surface area contributed by atoms with Gasteiger partial charge in [0.05, 0.1) is 25.4 Å². The summed E-state index contributed by atoms with van der Waals surface area (Å²) >= 11 is 0. The van der Waals surface area contributed by atoms with E-state index in [9.17, 15) is 14.3 Å². The molecule has 2 aliphatic heterocycles. The van der Waals surface area contributed by atoms with E-state index in [2.05, 4.69) is 4.90 Å². The molecule has 1 amide bonds. The van der Waals surface area contributed by atoms with Crippen molar-refractivity contribution in [1.29, 1.82) is 0 Å². The highest BCUT2D eigenvalue weighted by atomic mass is 19.1. The molecule has 6 heteroatoms. The van der Waals surface area contributed by atoms with Crippen LogP contribution in [0.15, 0.2) is 24.3 Å². The van der Waals surface area contributed by atoms with Crippen LogP contribution in [-0.2, 0) is 4.74 Å². The zero-order valence-electron chi connectivity index (χ0n) is 12.5. The maximum atomic E-state index is 12.9. The number of carbonyl (C=O) groups is 1. The van der Waals surface area contributed by atoms with Gasteiger partial charge in [-0.3, -0.25) is 9.69 Å². The van der Waals surface area contributed by atoms with Crippen molar-refractivity contribution < 1.29 is 19.0 Å². The van der Waals surface area contributed by atoms with Crippen molar-refractivity contribution in [3.05, 3.63) is 35.6 Å². The number of rotatable bonds is 3. The third kappa shape index (κ3) is 3.45. The van der Waals surface area contributed by atoms with Gasteiger partial charge in [0.2, 0.25) is 0 Å². The molecular formula is C16H21FN2O3. The van der Waals surface area contributed by atoms with Gasteiger partial charge in [0.25, 0.3) is 5.91 Å². The van der Waals surface area contributed by atoms with Crippen LogP contribution < -0.4 is 0 Å². The van der Waals surface area contributed by atoms with Crippen LogP contribution in [0, 0.1) is 5.82 Å². The van der Waals surface area contributed by atoms with Gasteiger partial charge in [0, 0.05) is 31.7 Å². The fraction of sp³-hybridized carbons (Fsp3) is 0.562. The number of ether oxygens (including phenoxy) is 1. The van der Waals surface area contributed by atoms with Crippen LogP contribution >= 0.6 is 0 Å². The van der Waals surface area contributed by atoms with Crippen molar-refractivity contribution in [2.24, 2.45) is 0 Å². The summed E-state index contributed by atoms with van der Waals surface area (Å²) in [5, 5.41) is 10.7. The molecule has 3 rings (SSSR count). The number of hydrogen-bond donors (Lipinski definition) is 1. The smallest absolute Gasteiger partial charge is 0.253 e. The lowest BCUT2D eigenvalue weighted by atomic mass is 10.0. The molecule has 5 nitrogen and oxygen atoms in total. The molecule has 0 spiro atoms. The third-order valence-electron chi connectivity index (χ3n) is 4.33. The number of hydrogen-bond acceptors (Lipinski definition) is 4. The molecule has 1 atom stereocenters. The summed E-state index contributed by atoms with van der Waals surface area (Å²) in [6.07, 6.45) is 0.567. The number of amides is 1. The Hall–Kier alpha value is -1.50. The van der Waals surface area contributed by atoms with Crippen LogP contribution in [0.4, 0.5) is 4.39 Å². The van der Waals surface area contributed by atoms with Gasteiger partial charge in [-0.15, -0.1) is 0 Å². The van der Waals surface area contributed by atoms with E-state index in [1.807, 2.05) is 0 Å². The van der Waals surface area contributed by atoms with Crippen LogP contribution in [0.1, 0.15) is 16.8 Å². The van der Waals surface area contributed by atoms with Gasteiger partial charge in [-0.2, -0.15) is 0 Å². The second kappa shape index (κ2) is 6.32. The van der Waals surface area contributed by atoms with Crippen LogP contribution in [-0.4, -0.2) is 72.4 Å². The highest BCUT2D eigenvalue weighted by molar-refractivity contribution is 5.94. The van der Waals surface area contributed by atoms with E-state index in [4.69, 9.17) is 4.74 Å². The Morgan fingerprint density at radius 2 is 1.91 bits per heavy atom. The Labute approximate surface area is 129 Å². The lowest BCUT2D eigenvalue weighted by Crippen LogP contribution is -2.49. The Morgan fingerprint density at radius 3 is 2.59 bits per heavy atom. The van der Waals surface area contributed by atoms with Crippen LogP contribution in [0.5, 0.6) is 0 Å². The van der Waals surface area contributed by atoms with Gasteiger partial charge in [0.15, 0.2) is 0 Å². The molecule has 1 N–H and O–H groups in total. The summed E-state index contributed by atoms with van der Waals surface area (Å²) in [6.45, 7) is 4.41. The molecule has 0 bridgehead atoms. The first-order valence-electron chi connectivity index (χ1n) is 7.63. The topological polar surface area (TPSA) is 53.0 Å². The summed E-state index contributed by atoms with van der Waals surface area (Å²) in [7, 11) is 0. The highest BCUT2D eigenvalue weighted by Crippen LogP contribution is 2.24. The summed E-state index contributed by atoms with van der Waals surface area (Å²) in [6, 6.07) is 5.53. The Morgan fingerprint density at radius 1 is 1.23 bits per heavy atom. The molecule has 0 aliphatic carbocycles. The zero-order chi connectivity index (χ0) is 15.6. The predicted molar refractivity (Wildman–Crippen MR) is 79.1 cm³/mol. The number of β-amino-alcohol motifs (C(OH)–C–C–N with tert-alkyl or cyclic N) is 1. The normalized spacial score (nSPS) is 26.4. The number of benzene rings is 1. The maximum absolute atomic E-state index is 12.9. The maximum Gasteiger partial charge on any atom is 0.253 e. The molecule has 1 aromatic carbocycles. The lowest BCUT2D eigenvalue weighted by molar-refractivity contribution is -0.0257. The zero-order valence-corrected chi connectivity index (χ0v) is 12.5. The van der Waals surface area contributed by atoms with Gasteiger partial charge >= 0.3 is 0 Å².